The van der Waals surface area contributed by atoms with Crippen LogP contribution in [-0.2, 0) is 11.2 Å². The molecule has 3 rings (SSSR count). The van der Waals surface area contributed by atoms with E-state index < -0.39 is 11.7 Å². The van der Waals surface area contributed by atoms with Crippen LogP contribution < -0.4 is 0 Å². The van der Waals surface area contributed by atoms with E-state index in [0.717, 1.165) is 22.9 Å². The van der Waals surface area contributed by atoms with E-state index in [4.69, 9.17) is 4.74 Å². The molecule has 2 aromatic rings. The number of aromatic nitrogens is 1. The average molecular weight is 372 g/mol. The predicted octanol–water partition coefficient (Wildman–Crippen LogP) is 4.70. The summed E-state index contributed by atoms with van der Waals surface area (Å²) in [7, 11) is 0. The van der Waals surface area contributed by atoms with Crippen molar-refractivity contribution in [2.24, 2.45) is 5.92 Å². The first-order valence-electron chi connectivity index (χ1n) is 9.40. The summed E-state index contributed by atoms with van der Waals surface area (Å²) in [5.74, 6) is 0.647. The number of amides is 1. The molecule has 146 valence electrons. The molecule has 6 heteroatoms. The molecule has 1 aliphatic rings. The summed E-state index contributed by atoms with van der Waals surface area (Å²) in [6, 6.07) is 5.97. The Bertz CT molecular complexity index is 870. The SMILES string of the molecule is CC(C)c1cn(C(=O)O)c2ccc(CC3CN(C(=O)OC(C)(C)C)C3)cc12. The first kappa shape index (κ1) is 19.3. The highest BCUT2D eigenvalue weighted by molar-refractivity contribution is 5.92. The summed E-state index contributed by atoms with van der Waals surface area (Å²) in [6.07, 6.45) is 1.36. The summed E-state index contributed by atoms with van der Waals surface area (Å²) in [4.78, 5) is 25.3. The van der Waals surface area contributed by atoms with Gasteiger partial charge in [0.1, 0.15) is 5.60 Å². The molecule has 1 N–H and O–H groups in total. The maximum atomic E-state index is 12.0. The van der Waals surface area contributed by atoms with Gasteiger partial charge in [-0.15, -0.1) is 0 Å². The van der Waals surface area contributed by atoms with E-state index in [1.54, 1.807) is 11.1 Å². The van der Waals surface area contributed by atoms with Crippen molar-refractivity contribution < 1.29 is 19.4 Å². The predicted molar refractivity (Wildman–Crippen MR) is 104 cm³/mol. The monoisotopic (exact) mass is 372 g/mol. The lowest BCUT2D eigenvalue weighted by Crippen LogP contribution is -2.52. The molecular formula is C21H28N2O4. The van der Waals surface area contributed by atoms with E-state index >= 15 is 0 Å². The molecule has 0 bridgehead atoms. The molecule has 1 amide bonds. The molecule has 0 unspecified atom stereocenters. The minimum Gasteiger partial charge on any atom is -0.464 e. The lowest BCUT2D eigenvalue weighted by molar-refractivity contribution is -0.000880. The zero-order valence-corrected chi connectivity index (χ0v) is 16.7. The van der Waals surface area contributed by atoms with Gasteiger partial charge in [0.05, 0.1) is 5.52 Å². The van der Waals surface area contributed by atoms with Crippen LogP contribution in [0.4, 0.5) is 9.59 Å². The summed E-state index contributed by atoms with van der Waals surface area (Å²) in [5.41, 5.74) is 2.45. The molecule has 1 aromatic heterocycles. The van der Waals surface area contributed by atoms with E-state index in [1.165, 1.54) is 10.1 Å². The van der Waals surface area contributed by atoms with Gasteiger partial charge in [0, 0.05) is 24.7 Å². The fourth-order valence-corrected chi connectivity index (χ4v) is 3.56. The number of nitrogens with zero attached hydrogens (tertiary/aromatic N) is 2. The zero-order chi connectivity index (χ0) is 19.9. The average Bonchev–Trinajstić information content (AvgIpc) is 2.87. The molecular weight excluding hydrogens is 344 g/mol. The second-order valence-corrected chi connectivity index (χ2v) is 8.70. The number of carbonyl (C=O) groups excluding carboxylic acids is 1. The maximum absolute atomic E-state index is 12.0. The van der Waals surface area contributed by atoms with Crippen molar-refractivity contribution in [3.63, 3.8) is 0 Å². The third kappa shape index (κ3) is 4.10. The molecule has 27 heavy (non-hydrogen) atoms. The molecule has 6 nitrogen and oxygen atoms in total. The van der Waals surface area contributed by atoms with Crippen LogP contribution in [0.15, 0.2) is 24.4 Å². The van der Waals surface area contributed by atoms with Gasteiger partial charge in [-0.05, 0) is 62.3 Å². The Kier molecular flexibility index (Phi) is 4.93. The molecule has 0 saturated carbocycles. The third-order valence-electron chi connectivity index (χ3n) is 4.86. The standard InChI is InChI=1S/C21H28N2O4/c1-13(2)17-12-23(19(24)25)18-7-6-14(9-16(17)18)8-15-10-22(11-15)20(26)27-21(3,4)5/h6-7,9,12-13,15H,8,10-11H2,1-5H3,(H,24,25). The number of fused-ring (bicyclic) bond motifs is 1. The van der Waals surface area contributed by atoms with Gasteiger partial charge in [-0.25, -0.2) is 9.59 Å². The molecule has 1 fully saturated rings. The van der Waals surface area contributed by atoms with Gasteiger partial charge in [0.25, 0.3) is 0 Å². The van der Waals surface area contributed by atoms with Crippen molar-refractivity contribution in [2.75, 3.05) is 13.1 Å². The highest BCUT2D eigenvalue weighted by Gasteiger charge is 2.33. The number of rotatable bonds is 3. The minimum absolute atomic E-state index is 0.245. The van der Waals surface area contributed by atoms with Gasteiger partial charge in [-0.1, -0.05) is 19.9 Å². The molecule has 1 saturated heterocycles. The lowest BCUT2D eigenvalue weighted by Gasteiger charge is -2.40. The smallest absolute Gasteiger partial charge is 0.416 e. The van der Waals surface area contributed by atoms with Crippen molar-refractivity contribution >= 4 is 23.1 Å². The zero-order valence-electron chi connectivity index (χ0n) is 16.7. The Morgan fingerprint density at radius 2 is 1.93 bits per heavy atom. The number of hydrogen-bond acceptors (Lipinski definition) is 3. The highest BCUT2D eigenvalue weighted by Crippen LogP contribution is 2.30. The first-order chi connectivity index (χ1) is 12.5. The van der Waals surface area contributed by atoms with Gasteiger partial charge < -0.3 is 14.7 Å². The molecule has 1 aliphatic heterocycles. The number of hydrogen-bond donors (Lipinski definition) is 1. The Morgan fingerprint density at radius 3 is 2.48 bits per heavy atom. The summed E-state index contributed by atoms with van der Waals surface area (Å²) in [5, 5.41) is 10.4. The molecule has 0 atom stereocenters. The van der Waals surface area contributed by atoms with E-state index in [2.05, 4.69) is 19.9 Å². The second kappa shape index (κ2) is 6.91. The number of carbonyl (C=O) groups is 2. The molecule has 1 aromatic carbocycles. The first-order valence-corrected chi connectivity index (χ1v) is 9.40. The van der Waals surface area contributed by atoms with Crippen LogP contribution in [0.5, 0.6) is 0 Å². The normalized spacial score (nSPS) is 15.3. The Hall–Kier alpha value is -2.50. The molecule has 0 spiro atoms. The van der Waals surface area contributed by atoms with Gasteiger partial charge in [-0.3, -0.25) is 4.57 Å². The van der Waals surface area contributed by atoms with E-state index in [-0.39, 0.29) is 12.0 Å². The fourth-order valence-electron chi connectivity index (χ4n) is 3.56. The van der Waals surface area contributed by atoms with Crippen LogP contribution in [0.25, 0.3) is 10.9 Å². The fraction of sp³-hybridized carbons (Fsp3) is 0.524. The molecule has 2 heterocycles. The molecule has 0 radical (unpaired) electrons. The van der Waals surface area contributed by atoms with E-state index in [9.17, 15) is 14.7 Å². The van der Waals surface area contributed by atoms with Crippen LogP contribution in [0, 0.1) is 5.92 Å². The Morgan fingerprint density at radius 1 is 1.26 bits per heavy atom. The van der Waals surface area contributed by atoms with Crippen LogP contribution >= 0.6 is 0 Å². The number of ether oxygens (including phenoxy) is 1. The van der Waals surface area contributed by atoms with Crippen LogP contribution in [0.2, 0.25) is 0 Å². The van der Waals surface area contributed by atoms with E-state index in [1.807, 2.05) is 32.9 Å². The maximum Gasteiger partial charge on any atom is 0.416 e. The summed E-state index contributed by atoms with van der Waals surface area (Å²) >= 11 is 0. The van der Waals surface area contributed by atoms with Crippen molar-refractivity contribution in [3.05, 3.63) is 35.5 Å². The Labute approximate surface area is 159 Å². The topological polar surface area (TPSA) is 71.8 Å². The Balaban J connectivity index is 1.71. The van der Waals surface area contributed by atoms with Gasteiger partial charge in [0.2, 0.25) is 0 Å². The summed E-state index contributed by atoms with van der Waals surface area (Å²) in [6.45, 7) is 11.1. The van der Waals surface area contributed by atoms with Gasteiger partial charge >= 0.3 is 12.2 Å². The molecule has 0 aliphatic carbocycles. The third-order valence-corrected chi connectivity index (χ3v) is 4.86. The second-order valence-electron chi connectivity index (χ2n) is 8.70. The van der Waals surface area contributed by atoms with Gasteiger partial charge in [0.15, 0.2) is 0 Å². The van der Waals surface area contributed by atoms with Crippen molar-refractivity contribution in [3.8, 4) is 0 Å². The van der Waals surface area contributed by atoms with Crippen molar-refractivity contribution in [2.45, 2.75) is 52.6 Å². The van der Waals surface area contributed by atoms with E-state index in [0.29, 0.717) is 19.0 Å². The quantitative estimate of drug-likeness (QED) is 0.848. The summed E-state index contributed by atoms with van der Waals surface area (Å²) < 4.78 is 6.69. The number of likely N-dealkylation sites (tertiary alicyclic amines) is 1. The van der Waals surface area contributed by atoms with Crippen molar-refractivity contribution in [1.82, 2.24) is 9.47 Å². The lowest BCUT2D eigenvalue weighted by atomic mass is 9.91. The largest absolute Gasteiger partial charge is 0.464 e. The van der Waals surface area contributed by atoms with Crippen LogP contribution in [-0.4, -0.2) is 45.5 Å². The van der Waals surface area contributed by atoms with Crippen LogP contribution in [0.1, 0.15) is 51.7 Å². The minimum atomic E-state index is -0.966. The number of carboxylic acid groups (broad SMARTS) is 1. The highest BCUT2D eigenvalue weighted by atomic mass is 16.6. The van der Waals surface area contributed by atoms with Gasteiger partial charge in [-0.2, -0.15) is 0 Å². The van der Waals surface area contributed by atoms with Crippen LogP contribution in [0.3, 0.4) is 0 Å². The number of benzene rings is 1. The van der Waals surface area contributed by atoms with Crippen molar-refractivity contribution in [1.29, 1.82) is 0 Å².